The lowest BCUT2D eigenvalue weighted by molar-refractivity contribution is -0.950. The minimum Gasteiger partial charge on any atom is -0.311 e. The molecule has 4 rings (SSSR count). The van der Waals surface area contributed by atoms with Crippen LogP contribution in [0, 0.1) is 12.8 Å². The number of benzene rings is 2. The van der Waals surface area contributed by atoms with Crippen LogP contribution in [0.4, 0.5) is 0 Å². The molecule has 0 saturated carbocycles. The molecule has 2 aromatic carbocycles. The molecular formula is C21H27N2O2S+. The molecule has 5 heteroatoms. The number of nitrogens with one attached hydrogen (secondary N) is 1. The number of rotatable bonds is 3. The molecule has 2 aliphatic heterocycles. The highest BCUT2D eigenvalue weighted by Crippen LogP contribution is 2.31. The Morgan fingerprint density at radius 2 is 1.77 bits per heavy atom. The van der Waals surface area contributed by atoms with Crippen molar-refractivity contribution >= 4 is 10.0 Å². The van der Waals surface area contributed by atoms with E-state index in [1.807, 2.05) is 19.1 Å². The average Bonchev–Trinajstić information content (AvgIpc) is 3.03. The van der Waals surface area contributed by atoms with Crippen LogP contribution in [0.2, 0.25) is 0 Å². The lowest BCUT2D eigenvalue weighted by atomic mass is 9.93. The second-order valence-electron chi connectivity index (χ2n) is 7.90. The lowest BCUT2D eigenvalue weighted by Crippen LogP contribution is -3.16. The van der Waals surface area contributed by atoms with Crippen molar-refractivity contribution in [3.05, 3.63) is 65.2 Å². The van der Waals surface area contributed by atoms with Crippen molar-refractivity contribution in [2.45, 2.75) is 44.3 Å². The number of sulfonamides is 1. The molecule has 1 saturated heterocycles. The molecule has 1 fully saturated rings. The average molecular weight is 372 g/mol. The first kappa shape index (κ1) is 17.7. The summed E-state index contributed by atoms with van der Waals surface area (Å²) in [6, 6.07) is 16.0. The maximum absolute atomic E-state index is 13.4. The van der Waals surface area contributed by atoms with Gasteiger partial charge in [0.15, 0.2) is 6.17 Å². The van der Waals surface area contributed by atoms with Gasteiger partial charge in [-0.05, 0) is 24.6 Å². The number of hydrogen-bond acceptors (Lipinski definition) is 2. The van der Waals surface area contributed by atoms with E-state index in [2.05, 4.69) is 38.1 Å². The summed E-state index contributed by atoms with van der Waals surface area (Å²) in [5.74, 6) is 0.264. The summed E-state index contributed by atoms with van der Waals surface area (Å²) in [5.41, 5.74) is 3.77. The van der Waals surface area contributed by atoms with Gasteiger partial charge in [-0.15, -0.1) is 4.31 Å². The summed E-state index contributed by atoms with van der Waals surface area (Å²) in [6.07, 6.45) is 1.00. The van der Waals surface area contributed by atoms with E-state index in [4.69, 9.17) is 0 Å². The normalized spacial score (nSPS) is 25.9. The summed E-state index contributed by atoms with van der Waals surface area (Å²) in [5, 5.41) is 0. The first-order valence-corrected chi connectivity index (χ1v) is 10.9. The van der Waals surface area contributed by atoms with Gasteiger partial charge < -0.3 is 4.90 Å². The molecule has 2 aromatic rings. The van der Waals surface area contributed by atoms with Crippen molar-refractivity contribution in [3.63, 3.8) is 0 Å². The highest BCUT2D eigenvalue weighted by molar-refractivity contribution is 7.89. The molecule has 0 aliphatic carbocycles. The van der Waals surface area contributed by atoms with Crippen molar-refractivity contribution < 1.29 is 13.3 Å². The second-order valence-corrected chi connectivity index (χ2v) is 9.79. The largest absolute Gasteiger partial charge is 0.311 e. The van der Waals surface area contributed by atoms with E-state index in [0.29, 0.717) is 11.4 Å². The number of hydrogen-bond donors (Lipinski definition) is 1. The molecule has 0 aromatic heterocycles. The van der Waals surface area contributed by atoms with Gasteiger partial charge in [0.05, 0.1) is 18.0 Å². The van der Waals surface area contributed by atoms with Crippen LogP contribution in [0.5, 0.6) is 0 Å². The number of fused-ring (bicyclic) bond motifs is 3. The highest BCUT2D eigenvalue weighted by atomic mass is 32.2. The first-order chi connectivity index (χ1) is 12.4. The van der Waals surface area contributed by atoms with Gasteiger partial charge in [-0.3, -0.25) is 0 Å². The lowest BCUT2D eigenvalue weighted by Gasteiger charge is -2.34. The Hall–Kier alpha value is -1.69. The molecular weight excluding hydrogens is 344 g/mol. The van der Waals surface area contributed by atoms with Gasteiger partial charge in [0.2, 0.25) is 10.0 Å². The van der Waals surface area contributed by atoms with E-state index in [-0.39, 0.29) is 18.1 Å². The van der Waals surface area contributed by atoms with E-state index >= 15 is 0 Å². The number of aryl methyl sites for hydroxylation is 1. The van der Waals surface area contributed by atoms with E-state index in [1.54, 1.807) is 16.4 Å². The Morgan fingerprint density at radius 1 is 1.08 bits per heavy atom. The molecule has 3 atom stereocenters. The van der Waals surface area contributed by atoms with Crippen molar-refractivity contribution in [2.24, 2.45) is 5.92 Å². The minimum absolute atomic E-state index is 0.0142. The highest BCUT2D eigenvalue weighted by Gasteiger charge is 2.52. The van der Waals surface area contributed by atoms with Gasteiger partial charge in [0.1, 0.15) is 6.04 Å². The van der Waals surface area contributed by atoms with E-state index < -0.39 is 10.0 Å². The molecule has 4 nitrogen and oxygen atoms in total. The predicted octanol–water partition coefficient (Wildman–Crippen LogP) is 2.16. The third-order valence-corrected chi connectivity index (χ3v) is 7.73. The topological polar surface area (TPSA) is 41.8 Å². The molecule has 1 unspecified atom stereocenters. The maximum Gasteiger partial charge on any atom is 0.248 e. The summed E-state index contributed by atoms with van der Waals surface area (Å²) >= 11 is 0. The van der Waals surface area contributed by atoms with Gasteiger partial charge in [0.25, 0.3) is 0 Å². The van der Waals surface area contributed by atoms with E-state index in [1.165, 1.54) is 16.0 Å². The van der Waals surface area contributed by atoms with Crippen LogP contribution in [0.15, 0.2) is 53.4 Å². The van der Waals surface area contributed by atoms with E-state index in [9.17, 15) is 8.42 Å². The Morgan fingerprint density at radius 3 is 2.46 bits per heavy atom. The molecule has 2 aliphatic rings. The van der Waals surface area contributed by atoms with Crippen LogP contribution < -0.4 is 4.90 Å². The molecule has 2 heterocycles. The van der Waals surface area contributed by atoms with Crippen LogP contribution in [-0.4, -0.2) is 32.0 Å². The molecule has 0 amide bonds. The fourth-order valence-electron chi connectivity index (χ4n) is 4.66. The van der Waals surface area contributed by atoms with Crippen LogP contribution in [0.3, 0.4) is 0 Å². The zero-order chi connectivity index (χ0) is 18.5. The van der Waals surface area contributed by atoms with Crippen molar-refractivity contribution in [1.29, 1.82) is 0 Å². The second kappa shape index (κ2) is 6.48. The molecule has 26 heavy (non-hydrogen) atoms. The molecule has 0 spiro atoms. The smallest absolute Gasteiger partial charge is 0.248 e. The summed E-state index contributed by atoms with van der Waals surface area (Å²) in [4.78, 5) is 1.80. The Kier molecular flexibility index (Phi) is 4.41. The quantitative estimate of drug-likeness (QED) is 0.898. The molecule has 0 radical (unpaired) electrons. The van der Waals surface area contributed by atoms with Gasteiger partial charge in [0, 0.05) is 17.9 Å². The Balaban J connectivity index is 1.76. The van der Waals surface area contributed by atoms with Gasteiger partial charge >= 0.3 is 0 Å². The molecule has 0 bridgehead atoms. The number of nitrogens with zero attached hydrogens (tertiary/aromatic N) is 1. The molecule has 138 valence electrons. The summed E-state index contributed by atoms with van der Waals surface area (Å²) in [7, 11) is -3.50. The summed E-state index contributed by atoms with van der Waals surface area (Å²) < 4.78 is 28.6. The van der Waals surface area contributed by atoms with Crippen LogP contribution in [-0.2, 0) is 16.4 Å². The monoisotopic (exact) mass is 371 g/mol. The number of quaternary nitrogens is 1. The van der Waals surface area contributed by atoms with E-state index in [0.717, 1.165) is 18.5 Å². The van der Waals surface area contributed by atoms with Gasteiger partial charge in [-0.1, -0.05) is 55.8 Å². The van der Waals surface area contributed by atoms with Crippen molar-refractivity contribution in [2.75, 3.05) is 13.1 Å². The Labute approximate surface area is 156 Å². The van der Waals surface area contributed by atoms with Crippen LogP contribution >= 0.6 is 0 Å². The third-order valence-electron chi connectivity index (χ3n) is 5.87. The molecule has 1 N–H and O–H groups in total. The Bertz CT molecular complexity index is 906. The zero-order valence-corrected chi connectivity index (χ0v) is 16.5. The summed E-state index contributed by atoms with van der Waals surface area (Å²) in [6.45, 7) is 7.80. The predicted molar refractivity (Wildman–Crippen MR) is 102 cm³/mol. The fourth-order valence-corrected chi connectivity index (χ4v) is 6.43. The van der Waals surface area contributed by atoms with Gasteiger partial charge in [-0.25, -0.2) is 8.42 Å². The van der Waals surface area contributed by atoms with Crippen LogP contribution in [0.25, 0.3) is 0 Å². The zero-order valence-electron chi connectivity index (χ0n) is 15.6. The van der Waals surface area contributed by atoms with Crippen molar-refractivity contribution in [1.82, 2.24) is 4.31 Å². The third kappa shape index (κ3) is 2.79. The SMILES string of the molecule is Cc1ccc(S(=O)(=O)N2C[C@H]3c4ccccc4CC[NH+]3[C@H]2C(C)C)cc1. The maximum atomic E-state index is 13.4. The van der Waals surface area contributed by atoms with Gasteiger partial charge in [-0.2, -0.15) is 0 Å². The van der Waals surface area contributed by atoms with Crippen LogP contribution in [0.1, 0.15) is 36.6 Å². The first-order valence-electron chi connectivity index (χ1n) is 9.41. The standard InChI is InChI=1S/C21H26N2O2S/c1-15(2)21-22-13-12-17-6-4-5-7-19(17)20(22)14-23(21)26(24,25)18-10-8-16(3)9-11-18/h4-11,15,20-21H,12-14H2,1-3H3/p+1/t20-,21+/m0/s1. The van der Waals surface area contributed by atoms with Crippen molar-refractivity contribution in [3.8, 4) is 0 Å². The fraction of sp³-hybridized carbons (Fsp3) is 0.429. The minimum atomic E-state index is -3.50.